The molecule has 0 amide bonds. The van der Waals surface area contributed by atoms with Crippen molar-refractivity contribution in [2.75, 3.05) is 6.26 Å². The number of nitrogens with zero attached hydrogens (tertiary/aromatic N) is 1. The van der Waals surface area contributed by atoms with E-state index in [1.165, 1.54) is 17.2 Å². The van der Waals surface area contributed by atoms with E-state index < -0.39 is 0 Å². The van der Waals surface area contributed by atoms with Gasteiger partial charge in [0.15, 0.2) is 0 Å². The van der Waals surface area contributed by atoms with Crippen molar-refractivity contribution >= 4 is 11.8 Å². The number of aromatic nitrogens is 2. The summed E-state index contributed by atoms with van der Waals surface area (Å²) < 4.78 is 0. The fourth-order valence-electron chi connectivity index (χ4n) is 1.27. The van der Waals surface area contributed by atoms with Crippen molar-refractivity contribution in [2.24, 2.45) is 0 Å². The highest BCUT2D eigenvalue weighted by molar-refractivity contribution is 7.98. The van der Waals surface area contributed by atoms with Crippen LogP contribution >= 0.6 is 11.8 Å². The third-order valence-electron chi connectivity index (χ3n) is 2.03. The Bertz CT molecular complexity index is 504. The summed E-state index contributed by atoms with van der Waals surface area (Å²) in [5.41, 5.74) is 0.791. The normalized spacial score (nSPS) is 10.2. The van der Waals surface area contributed by atoms with Crippen molar-refractivity contribution in [3.8, 4) is 11.4 Å². The molecule has 76 valence electrons. The van der Waals surface area contributed by atoms with Gasteiger partial charge in [0.1, 0.15) is 5.82 Å². The lowest BCUT2D eigenvalue weighted by Crippen LogP contribution is -2.05. The van der Waals surface area contributed by atoms with Crippen LogP contribution in [0.15, 0.2) is 46.2 Å². The largest absolute Gasteiger partial charge is 0.307 e. The molecule has 3 nitrogen and oxygen atoms in total. The van der Waals surface area contributed by atoms with Gasteiger partial charge >= 0.3 is 0 Å². The zero-order valence-electron chi connectivity index (χ0n) is 8.23. The molecular weight excluding hydrogens is 208 g/mol. The van der Waals surface area contributed by atoms with Gasteiger partial charge in [-0.05, 0) is 18.4 Å². The third-order valence-corrected chi connectivity index (χ3v) is 2.78. The van der Waals surface area contributed by atoms with Gasteiger partial charge in [0.05, 0.1) is 0 Å². The molecule has 1 aromatic heterocycles. The van der Waals surface area contributed by atoms with Gasteiger partial charge < -0.3 is 4.98 Å². The van der Waals surface area contributed by atoms with Crippen molar-refractivity contribution in [1.82, 2.24) is 9.97 Å². The number of hydrogen-bond acceptors (Lipinski definition) is 3. The van der Waals surface area contributed by atoms with Crippen LogP contribution in [0.5, 0.6) is 0 Å². The number of benzene rings is 1. The molecular formula is C11H10N2OS. The second kappa shape index (κ2) is 4.31. The molecule has 0 aliphatic heterocycles. The van der Waals surface area contributed by atoms with Crippen molar-refractivity contribution in [1.29, 1.82) is 0 Å². The average molecular weight is 218 g/mol. The quantitative estimate of drug-likeness (QED) is 0.786. The molecule has 0 atom stereocenters. The monoisotopic (exact) mass is 218 g/mol. The summed E-state index contributed by atoms with van der Waals surface area (Å²) in [6, 6.07) is 9.31. The van der Waals surface area contributed by atoms with Crippen molar-refractivity contribution in [2.45, 2.75) is 4.90 Å². The molecule has 0 radical (unpaired) electrons. The number of nitrogens with one attached hydrogen (secondary N) is 1. The van der Waals surface area contributed by atoms with Gasteiger partial charge in [-0.3, -0.25) is 4.79 Å². The van der Waals surface area contributed by atoms with Gasteiger partial charge in [0.25, 0.3) is 5.56 Å². The van der Waals surface area contributed by atoms with E-state index in [-0.39, 0.29) is 5.56 Å². The Morgan fingerprint density at radius 1 is 1.20 bits per heavy atom. The average Bonchev–Trinajstić information content (AvgIpc) is 2.29. The molecule has 0 saturated heterocycles. The van der Waals surface area contributed by atoms with Crippen LogP contribution in [0.4, 0.5) is 0 Å². The van der Waals surface area contributed by atoms with Crippen LogP contribution in [0, 0.1) is 0 Å². The molecule has 0 bridgehead atoms. The maximum absolute atomic E-state index is 11.1. The molecule has 0 aliphatic carbocycles. The maximum Gasteiger partial charge on any atom is 0.251 e. The Morgan fingerprint density at radius 2 is 1.93 bits per heavy atom. The molecule has 0 saturated carbocycles. The second-order valence-corrected chi connectivity index (χ2v) is 3.89. The highest BCUT2D eigenvalue weighted by atomic mass is 32.2. The topological polar surface area (TPSA) is 45.8 Å². The van der Waals surface area contributed by atoms with Gasteiger partial charge in [0, 0.05) is 22.7 Å². The van der Waals surface area contributed by atoms with Gasteiger partial charge in [-0.25, -0.2) is 4.98 Å². The fraction of sp³-hybridized carbons (Fsp3) is 0.0909. The number of thioether (sulfide) groups is 1. The molecule has 0 spiro atoms. The Hall–Kier alpha value is -1.55. The van der Waals surface area contributed by atoms with Crippen LogP contribution in [0.3, 0.4) is 0 Å². The standard InChI is InChI=1S/C11H10N2OS/c1-15-9-4-2-8(3-5-9)11-12-7-6-10(14)13-11/h2-7H,1H3,(H,12,13,14). The molecule has 2 rings (SSSR count). The van der Waals surface area contributed by atoms with E-state index in [0.717, 1.165) is 5.56 Å². The zero-order chi connectivity index (χ0) is 10.7. The molecule has 0 fully saturated rings. The van der Waals surface area contributed by atoms with Crippen LogP contribution < -0.4 is 5.56 Å². The van der Waals surface area contributed by atoms with Gasteiger partial charge in [0.2, 0.25) is 0 Å². The van der Waals surface area contributed by atoms with Crippen LogP contribution in [-0.4, -0.2) is 16.2 Å². The van der Waals surface area contributed by atoms with Crippen LogP contribution in [0.2, 0.25) is 0 Å². The SMILES string of the molecule is CSc1ccc(-c2nccc(=O)[nH]2)cc1. The predicted octanol–water partition coefficient (Wildman–Crippen LogP) is 2.16. The smallest absolute Gasteiger partial charge is 0.251 e. The molecule has 1 N–H and O–H groups in total. The number of rotatable bonds is 2. The zero-order valence-corrected chi connectivity index (χ0v) is 9.04. The first-order valence-electron chi connectivity index (χ1n) is 4.49. The summed E-state index contributed by atoms with van der Waals surface area (Å²) in [4.78, 5) is 19.1. The van der Waals surface area contributed by atoms with Gasteiger partial charge in [-0.15, -0.1) is 11.8 Å². The lowest BCUT2D eigenvalue weighted by Gasteiger charge is -2.00. The minimum Gasteiger partial charge on any atom is -0.307 e. The second-order valence-electron chi connectivity index (χ2n) is 3.01. The highest BCUT2D eigenvalue weighted by Gasteiger charge is 1.99. The molecule has 4 heteroatoms. The summed E-state index contributed by atoms with van der Waals surface area (Å²) >= 11 is 1.68. The van der Waals surface area contributed by atoms with Crippen LogP contribution in [-0.2, 0) is 0 Å². The van der Waals surface area contributed by atoms with Gasteiger partial charge in [-0.2, -0.15) is 0 Å². The van der Waals surface area contributed by atoms with E-state index in [0.29, 0.717) is 5.82 Å². The highest BCUT2D eigenvalue weighted by Crippen LogP contribution is 2.19. The number of aromatic amines is 1. The van der Waals surface area contributed by atoms with Crippen molar-refractivity contribution < 1.29 is 0 Å². The lowest BCUT2D eigenvalue weighted by atomic mass is 10.2. The van der Waals surface area contributed by atoms with E-state index in [1.807, 2.05) is 30.5 Å². The van der Waals surface area contributed by atoms with Gasteiger partial charge in [-0.1, -0.05) is 12.1 Å². The predicted molar refractivity (Wildman–Crippen MR) is 62.1 cm³/mol. The van der Waals surface area contributed by atoms with E-state index >= 15 is 0 Å². The summed E-state index contributed by atoms with van der Waals surface area (Å²) in [6.07, 6.45) is 3.54. The minimum absolute atomic E-state index is 0.131. The van der Waals surface area contributed by atoms with Crippen molar-refractivity contribution in [3.63, 3.8) is 0 Å². The molecule has 1 heterocycles. The van der Waals surface area contributed by atoms with E-state index in [4.69, 9.17) is 0 Å². The fourth-order valence-corrected chi connectivity index (χ4v) is 1.67. The first kappa shape index (κ1) is 9.98. The lowest BCUT2D eigenvalue weighted by molar-refractivity contribution is 1.13. The Balaban J connectivity index is 2.41. The molecule has 0 aliphatic rings. The van der Waals surface area contributed by atoms with E-state index in [2.05, 4.69) is 9.97 Å². The summed E-state index contributed by atoms with van der Waals surface area (Å²) in [5.74, 6) is 0.607. The third kappa shape index (κ3) is 2.27. The molecule has 2 aromatic rings. The summed E-state index contributed by atoms with van der Waals surface area (Å²) in [5, 5.41) is 0. The first-order chi connectivity index (χ1) is 7.29. The van der Waals surface area contributed by atoms with E-state index in [1.54, 1.807) is 11.8 Å². The number of H-pyrrole nitrogens is 1. The van der Waals surface area contributed by atoms with Crippen LogP contribution in [0.25, 0.3) is 11.4 Å². The summed E-state index contributed by atoms with van der Waals surface area (Å²) in [7, 11) is 0. The Labute approximate surface area is 91.6 Å². The maximum atomic E-state index is 11.1. The van der Waals surface area contributed by atoms with E-state index in [9.17, 15) is 4.79 Å². The van der Waals surface area contributed by atoms with Crippen molar-refractivity contribution in [3.05, 3.63) is 46.9 Å². The minimum atomic E-state index is -0.131. The summed E-state index contributed by atoms with van der Waals surface area (Å²) in [6.45, 7) is 0. The molecule has 1 aromatic carbocycles. The Kier molecular flexibility index (Phi) is 2.87. The van der Waals surface area contributed by atoms with Crippen LogP contribution in [0.1, 0.15) is 0 Å². The Morgan fingerprint density at radius 3 is 2.53 bits per heavy atom. The molecule has 0 unspecified atom stereocenters. The molecule has 15 heavy (non-hydrogen) atoms. The first-order valence-corrected chi connectivity index (χ1v) is 5.72. The number of hydrogen-bond donors (Lipinski definition) is 1.